The van der Waals surface area contributed by atoms with Gasteiger partial charge in [-0.1, -0.05) is 24.3 Å². The number of benzene rings is 2. The van der Waals surface area contributed by atoms with Crippen molar-refractivity contribution < 1.29 is 13.6 Å². The van der Waals surface area contributed by atoms with Crippen molar-refractivity contribution in [2.75, 3.05) is 5.32 Å². The van der Waals surface area contributed by atoms with Crippen molar-refractivity contribution in [2.24, 2.45) is 0 Å². The SMILES string of the molecule is Cc1ccc(CCC(=O)Nc2c(F)cccc2F)cc1C. The number of halogens is 2. The van der Waals surface area contributed by atoms with Crippen molar-refractivity contribution >= 4 is 11.6 Å². The Morgan fingerprint density at radius 3 is 2.33 bits per heavy atom. The number of aryl methyl sites for hydroxylation is 3. The lowest BCUT2D eigenvalue weighted by Gasteiger charge is -2.08. The van der Waals surface area contributed by atoms with Crippen LogP contribution in [0.1, 0.15) is 23.1 Å². The summed E-state index contributed by atoms with van der Waals surface area (Å²) in [6, 6.07) is 9.46. The standard InChI is InChI=1S/C17H17F2NO/c1-11-6-7-13(10-12(11)2)8-9-16(21)20-17-14(18)4-3-5-15(17)19/h3-7,10H,8-9H2,1-2H3,(H,20,21). The molecule has 2 nitrogen and oxygen atoms in total. The van der Waals surface area contributed by atoms with Crippen molar-refractivity contribution in [3.8, 4) is 0 Å². The van der Waals surface area contributed by atoms with Crippen LogP contribution in [-0.2, 0) is 11.2 Å². The highest BCUT2D eigenvalue weighted by Crippen LogP contribution is 2.18. The van der Waals surface area contributed by atoms with E-state index in [9.17, 15) is 13.6 Å². The third-order valence-electron chi connectivity index (χ3n) is 3.44. The Kier molecular flexibility index (Phi) is 4.68. The highest BCUT2D eigenvalue weighted by atomic mass is 19.1. The molecular formula is C17H17F2NO. The highest BCUT2D eigenvalue weighted by Gasteiger charge is 2.11. The van der Waals surface area contributed by atoms with E-state index in [1.807, 2.05) is 32.0 Å². The van der Waals surface area contributed by atoms with Gasteiger partial charge >= 0.3 is 0 Å². The summed E-state index contributed by atoms with van der Waals surface area (Å²) < 4.78 is 26.8. The fourth-order valence-electron chi connectivity index (χ4n) is 2.04. The minimum Gasteiger partial charge on any atom is -0.321 e. The summed E-state index contributed by atoms with van der Waals surface area (Å²) in [5.74, 6) is -1.94. The first-order chi connectivity index (χ1) is 9.97. The molecule has 2 aromatic rings. The van der Waals surface area contributed by atoms with Crippen molar-refractivity contribution in [1.29, 1.82) is 0 Å². The van der Waals surface area contributed by atoms with E-state index in [1.54, 1.807) is 0 Å². The molecule has 0 aliphatic carbocycles. The molecule has 0 heterocycles. The monoisotopic (exact) mass is 289 g/mol. The number of rotatable bonds is 4. The molecule has 0 unspecified atom stereocenters. The van der Waals surface area contributed by atoms with Gasteiger partial charge in [-0.15, -0.1) is 0 Å². The fourth-order valence-corrected chi connectivity index (χ4v) is 2.04. The Bertz CT molecular complexity index is 648. The molecular weight excluding hydrogens is 272 g/mol. The van der Waals surface area contributed by atoms with E-state index >= 15 is 0 Å². The maximum absolute atomic E-state index is 13.4. The Balaban J connectivity index is 1.97. The summed E-state index contributed by atoms with van der Waals surface area (Å²) in [4.78, 5) is 11.8. The minimum atomic E-state index is -0.769. The van der Waals surface area contributed by atoms with Gasteiger partial charge in [0.05, 0.1) is 0 Å². The van der Waals surface area contributed by atoms with Crippen LogP contribution in [-0.4, -0.2) is 5.91 Å². The number of anilines is 1. The Morgan fingerprint density at radius 2 is 1.71 bits per heavy atom. The van der Waals surface area contributed by atoms with Crippen LogP contribution >= 0.6 is 0 Å². The average molecular weight is 289 g/mol. The van der Waals surface area contributed by atoms with Gasteiger partial charge in [-0.3, -0.25) is 4.79 Å². The Hall–Kier alpha value is -2.23. The lowest BCUT2D eigenvalue weighted by Crippen LogP contribution is -2.14. The molecule has 2 aromatic carbocycles. The predicted octanol–water partition coefficient (Wildman–Crippen LogP) is 4.15. The van der Waals surface area contributed by atoms with Gasteiger partial charge in [-0.25, -0.2) is 8.78 Å². The van der Waals surface area contributed by atoms with Crippen LogP contribution in [0.25, 0.3) is 0 Å². The first-order valence-corrected chi connectivity index (χ1v) is 6.77. The number of para-hydroxylation sites is 1. The zero-order valence-corrected chi connectivity index (χ0v) is 12.0. The topological polar surface area (TPSA) is 29.1 Å². The zero-order chi connectivity index (χ0) is 15.4. The fraction of sp³-hybridized carbons (Fsp3) is 0.235. The van der Waals surface area contributed by atoms with Gasteiger partial charge in [0.2, 0.25) is 5.91 Å². The molecule has 110 valence electrons. The maximum atomic E-state index is 13.4. The Morgan fingerprint density at radius 1 is 1.05 bits per heavy atom. The van der Waals surface area contributed by atoms with E-state index < -0.39 is 17.5 Å². The number of nitrogens with one attached hydrogen (secondary N) is 1. The third-order valence-corrected chi connectivity index (χ3v) is 3.44. The minimum absolute atomic E-state index is 0.177. The summed E-state index contributed by atoms with van der Waals surface area (Å²) >= 11 is 0. The molecule has 0 aliphatic heterocycles. The second-order valence-corrected chi connectivity index (χ2v) is 5.06. The zero-order valence-electron chi connectivity index (χ0n) is 12.0. The quantitative estimate of drug-likeness (QED) is 0.900. The van der Waals surface area contributed by atoms with Crippen LogP contribution in [0.15, 0.2) is 36.4 Å². The summed E-state index contributed by atoms with van der Waals surface area (Å²) in [5, 5.41) is 2.29. The Labute approximate surface area is 122 Å². The maximum Gasteiger partial charge on any atom is 0.224 e. The largest absolute Gasteiger partial charge is 0.321 e. The molecule has 1 N–H and O–H groups in total. The van der Waals surface area contributed by atoms with Crippen molar-refractivity contribution in [3.05, 3.63) is 64.7 Å². The number of carbonyl (C=O) groups is 1. The van der Waals surface area contributed by atoms with Gasteiger partial charge < -0.3 is 5.32 Å². The van der Waals surface area contributed by atoms with Crippen molar-refractivity contribution in [1.82, 2.24) is 0 Å². The van der Waals surface area contributed by atoms with Gasteiger partial charge in [-0.2, -0.15) is 0 Å². The molecule has 0 spiro atoms. The molecule has 21 heavy (non-hydrogen) atoms. The van der Waals surface area contributed by atoms with Gasteiger partial charge in [0, 0.05) is 6.42 Å². The number of carbonyl (C=O) groups excluding carboxylic acids is 1. The molecule has 0 fully saturated rings. The molecule has 0 aromatic heterocycles. The van der Waals surface area contributed by atoms with E-state index in [0.29, 0.717) is 6.42 Å². The van der Waals surface area contributed by atoms with Crippen molar-refractivity contribution in [3.63, 3.8) is 0 Å². The highest BCUT2D eigenvalue weighted by molar-refractivity contribution is 5.91. The summed E-state index contributed by atoms with van der Waals surface area (Å²) in [6.07, 6.45) is 0.708. The van der Waals surface area contributed by atoms with E-state index in [1.165, 1.54) is 11.6 Å². The molecule has 0 radical (unpaired) electrons. The number of hydrogen-bond acceptors (Lipinski definition) is 1. The predicted molar refractivity (Wildman–Crippen MR) is 79.2 cm³/mol. The van der Waals surface area contributed by atoms with Crippen LogP contribution in [0.4, 0.5) is 14.5 Å². The molecule has 0 bridgehead atoms. The van der Waals surface area contributed by atoms with Gasteiger partial charge in [0.25, 0.3) is 0 Å². The normalized spacial score (nSPS) is 10.5. The van der Waals surface area contributed by atoms with Gasteiger partial charge in [-0.05, 0) is 49.1 Å². The van der Waals surface area contributed by atoms with Crippen LogP contribution in [0.3, 0.4) is 0 Å². The first kappa shape index (κ1) is 15.2. The van der Waals surface area contributed by atoms with E-state index in [4.69, 9.17) is 0 Å². The first-order valence-electron chi connectivity index (χ1n) is 6.77. The molecule has 0 aliphatic rings. The van der Waals surface area contributed by atoms with Crippen LogP contribution in [0.5, 0.6) is 0 Å². The molecule has 0 saturated carbocycles. The lowest BCUT2D eigenvalue weighted by atomic mass is 10.0. The van der Waals surface area contributed by atoms with Gasteiger partial charge in [0.1, 0.15) is 17.3 Å². The smallest absolute Gasteiger partial charge is 0.224 e. The molecule has 0 saturated heterocycles. The van der Waals surface area contributed by atoms with Crippen molar-refractivity contribution in [2.45, 2.75) is 26.7 Å². The molecule has 2 rings (SSSR count). The molecule has 0 atom stereocenters. The summed E-state index contributed by atoms with van der Waals surface area (Å²) in [5.41, 5.74) is 2.99. The summed E-state index contributed by atoms with van der Waals surface area (Å²) in [6.45, 7) is 4.03. The second kappa shape index (κ2) is 6.48. The van der Waals surface area contributed by atoms with Crippen LogP contribution in [0.2, 0.25) is 0 Å². The van der Waals surface area contributed by atoms with E-state index in [0.717, 1.165) is 23.3 Å². The molecule has 1 amide bonds. The number of amides is 1. The second-order valence-electron chi connectivity index (χ2n) is 5.06. The van der Waals surface area contributed by atoms with E-state index in [2.05, 4.69) is 5.32 Å². The number of hydrogen-bond donors (Lipinski definition) is 1. The van der Waals surface area contributed by atoms with Gasteiger partial charge in [0.15, 0.2) is 0 Å². The molecule has 4 heteroatoms. The average Bonchev–Trinajstić information content (AvgIpc) is 2.44. The summed E-state index contributed by atoms with van der Waals surface area (Å²) in [7, 11) is 0. The third kappa shape index (κ3) is 3.88. The van der Waals surface area contributed by atoms with E-state index in [-0.39, 0.29) is 12.1 Å². The van der Waals surface area contributed by atoms with Crippen LogP contribution < -0.4 is 5.32 Å². The lowest BCUT2D eigenvalue weighted by molar-refractivity contribution is -0.116. The van der Waals surface area contributed by atoms with Crippen LogP contribution in [0, 0.1) is 25.5 Å².